The van der Waals surface area contributed by atoms with Crippen LogP contribution in [0.5, 0.6) is 0 Å². The van der Waals surface area contributed by atoms with Crippen LogP contribution in [0, 0.1) is 0 Å². The highest BCUT2D eigenvalue weighted by molar-refractivity contribution is 5.87. The number of hydrogen-bond donors (Lipinski definition) is 3. The van der Waals surface area contributed by atoms with Gasteiger partial charge in [0.15, 0.2) is 0 Å². The van der Waals surface area contributed by atoms with Gasteiger partial charge in [-0.3, -0.25) is 0 Å². The number of aromatic nitrogens is 1. The number of methoxy groups -OCH3 is 1. The number of esters is 1. The third-order valence-corrected chi connectivity index (χ3v) is 4.45. The molecule has 0 spiro atoms. The molecule has 3 N–H and O–H groups in total. The highest BCUT2D eigenvalue weighted by Gasteiger charge is 2.33. The molecule has 1 aromatic carbocycles. The van der Waals surface area contributed by atoms with E-state index >= 15 is 0 Å². The number of nitrogens with one attached hydrogen (secondary N) is 2. The molecule has 0 aliphatic heterocycles. The molecule has 0 fully saturated rings. The number of fused-ring (bicyclic) bond motifs is 1. The molecule has 1 aliphatic rings. The Morgan fingerprint density at radius 1 is 1.43 bits per heavy atom. The average molecular weight is 314 g/mol. The largest absolute Gasteiger partial charge is 0.464 e. The third-order valence-electron chi connectivity index (χ3n) is 4.45. The van der Waals surface area contributed by atoms with E-state index in [4.69, 9.17) is 0 Å². The number of ether oxygens (including phenoxy) is 1. The number of hydrogen-bond acceptors (Lipinski definition) is 4. The molecule has 0 amide bonds. The maximum absolute atomic E-state index is 11.4. The number of H-pyrrole nitrogens is 1. The van der Waals surface area contributed by atoms with Crippen LogP contribution in [0.3, 0.4) is 0 Å². The van der Waals surface area contributed by atoms with Gasteiger partial charge in [-0.15, -0.1) is 0 Å². The summed E-state index contributed by atoms with van der Waals surface area (Å²) in [5.74, 6) is -0.379. The van der Waals surface area contributed by atoms with Crippen LogP contribution in [-0.2, 0) is 23.3 Å². The van der Waals surface area contributed by atoms with Crippen molar-refractivity contribution < 1.29 is 14.6 Å². The Balaban J connectivity index is 1.63. The quantitative estimate of drug-likeness (QED) is 0.739. The second-order valence-corrected chi connectivity index (χ2v) is 6.06. The van der Waals surface area contributed by atoms with Gasteiger partial charge < -0.3 is 20.1 Å². The first-order chi connectivity index (χ1) is 11.1. The molecule has 5 nitrogen and oxygen atoms in total. The Kier molecular flexibility index (Phi) is 4.50. The predicted molar refractivity (Wildman–Crippen MR) is 87.1 cm³/mol. The van der Waals surface area contributed by atoms with E-state index in [1.54, 1.807) is 12.3 Å². The van der Waals surface area contributed by atoms with E-state index in [0.717, 1.165) is 30.4 Å². The van der Waals surface area contributed by atoms with Crippen molar-refractivity contribution in [2.24, 2.45) is 0 Å². The second kappa shape index (κ2) is 6.56. The van der Waals surface area contributed by atoms with Crippen molar-refractivity contribution in [1.82, 2.24) is 10.3 Å². The lowest BCUT2D eigenvalue weighted by molar-refractivity contribution is 0.0189. The van der Waals surface area contributed by atoms with Crippen LogP contribution in [-0.4, -0.2) is 29.7 Å². The van der Waals surface area contributed by atoms with Crippen molar-refractivity contribution in [3.8, 4) is 0 Å². The minimum atomic E-state index is -0.823. The normalized spacial score (nSPS) is 20.1. The molecular formula is C18H22N2O3. The van der Waals surface area contributed by atoms with Crippen molar-refractivity contribution in [1.29, 1.82) is 0 Å². The van der Waals surface area contributed by atoms with E-state index in [9.17, 15) is 9.90 Å². The molecule has 2 aromatic rings. The molecule has 5 heteroatoms. The number of carbonyl (C=O) groups is 1. The Bertz CT molecular complexity index is 695. The van der Waals surface area contributed by atoms with Gasteiger partial charge in [0.05, 0.1) is 7.11 Å². The van der Waals surface area contributed by atoms with Gasteiger partial charge in [0, 0.05) is 19.3 Å². The fourth-order valence-electron chi connectivity index (χ4n) is 3.26. The van der Waals surface area contributed by atoms with E-state index in [1.807, 2.05) is 18.2 Å². The third kappa shape index (κ3) is 3.30. The van der Waals surface area contributed by atoms with E-state index in [2.05, 4.69) is 21.1 Å². The lowest BCUT2D eigenvalue weighted by Crippen LogP contribution is -2.40. The topological polar surface area (TPSA) is 74.3 Å². The number of benzene rings is 1. The van der Waals surface area contributed by atoms with Gasteiger partial charge in [0.25, 0.3) is 0 Å². The first-order valence-corrected chi connectivity index (χ1v) is 7.89. The smallest absolute Gasteiger partial charge is 0.354 e. The summed E-state index contributed by atoms with van der Waals surface area (Å²) in [4.78, 5) is 14.3. The minimum absolute atomic E-state index is 0.379. The molecule has 0 saturated carbocycles. The van der Waals surface area contributed by atoms with Gasteiger partial charge >= 0.3 is 5.97 Å². The average Bonchev–Trinajstić information content (AvgIpc) is 3.03. The fourth-order valence-corrected chi connectivity index (χ4v) is 3.26. The standard InChI is InChI=1S/C18H22N2O3/c1-23-17(21)16-9-13(11-20-16)10-19-12-18(22)8-4-6-14-5-2-3-7-15(14)18/h2-3,5,7,9,11,19-20,22H,4,6,8,10,12H2,1H3. The first kappa shape index (κ1) is 15.8. The zero-order valence-electron chi connectivity index (χ0n) is 13.3. The van der Waals surface area contributed by atoms with E-state index in [-0.39, 0.29) is 5.97 Å². The van der Waals surface area contributed by atoms with Gasteiger partial charge in [0.2, 0.25) is 0 Å². The molecular weight excluding hydrogens is 292 g/mol. The number of carbonyl (C=O) groups excluding carboxylic acids is 1. The van der Waals surface area contributed by atoms with Gasteiger partial charge in [0.1, 0.15) is 11.3 Å². The molecule has 1 unspecified atom stereocenters. The number of aryl methyl sites for hydroxylation is 1. The van der Waals surface area contributed by atoms with Crippen LogP contribution in [0.4, 0.5) is 0 Å². The molecule has 1 aliphatic carbocycles. The SMILES string of the molecule is COC(=O)c1cc(CNCC2(O)CCCc3ccccc32)c[nH]1. The Hall–Kier alpha value is -2.11. The minimum Gasteiger partial charge on any atom is -0.464 e. The summed E-state index contributed by atoms with van der Waals surface area (Å²) < 4.78 is 4.67. The number of rotatable bonds is 5. The first-order valence-electron chi connectivity index (χ1n) is 7.89. The maximum Gasteiger partial charge on any atom is 0.354 e. The van der Waals surface area contributed by atoms with Crippen molar-refractivity contribution in [3.63, 3.8) is 0 Å². The molecule has 3 rings (SSSR count). The summed E-state index contributed by atoms with van der Waals surface area (Å²) in [6.45, 7) is 1.07. The number of aliphatic hydroxyl groups is 1. The van der Waals surface area contributed by atoms with Crippen molar-refractivity contribution in [2.75, 3.05) is 13.7 Å². The molecule has 0 bridgehead atoms. The number of aromatic amines is 1. The van der Waals surface area contributed by atoms with Gasteiger partial charge in [-0.1, -0.05) is 24.3 Å². The Morgan fingerprint density at radius 3 is 3.09 bits per heavy atom. The van der Waals surface area contributed by atoms with E-state index < -0.39 is 5.60 Å². The van der Waals surface area contributed by atoms with Crippen LogP contribution in [0.15, 0.2) is 36.5 Å². The molecule has 1 aromatic heterocycles. The fraction of sp³-hybridized carbons (Fsp3) is 0.389. The van der Waals surface area contributed by atoms with E-state index in [0.29, 0.717) is 18.8 Å². The molecule has 0 radical (unpaired) electrons. The Morgan fingerprint density at radius 2 is 2.26 bits per heavy atom. The summed E-state index contributed by atoms with van der Waals surface area (Å²) in [6, 6.07) is 9.86. The Labute approximate surface area is 135 Å². The molecule has 0 saturated heterocycles. The van der Waals surface area contributed by atoms with Gasteiger partial charge in [-0.05, 0) is 42.0 Å². The highest BCUT2D eigenvalue weighted by atomic mass is 16.5. The summed E-state index contributed by atoms with van der Waals surface area (Å²) >= 11 is 0. The summed E-state index contributed by atoms with van der Waals surface area (Å²) in [7, 11) is 1.36. The molecule has 122 valence electrons. The van der Waals surface area contributed by atoms with Crippen molar-refractivity contribution in [3.05, 3.63) is 58.9 Å². The van der Waals surface area contributed by atoms with Gasteiger partial charge in [-0.2, -0.15) is 0 Å². The van der Waals surface area contributed by atoms with Crippen LogP contribution in [0.2, 0.25) is 0 Å². The lowest BCUT2D eigenvalue weighted by atomic mass is 9.79. The van der Waals surface area contributed by atoms with Gasteiger partial charge in [-0.25, -0.2) is 4.79 Å². The predicted octanol–water partition coefficient (Wildman–Crippen LogP) is 2.11. The monoisotopic (exact) mass is 314 g/mol. The summed E-state index contributed by atoms with van der Waals surface area (Å²) in [6.07, 6.45) is 4.56. The van der Waals surface area contributed by atoms with Crippen molar-refractivity contribution in [2.45, 2.75) is 31.4 Å². The zero-order valence-corrected chi connectivity index (χ0v) is 13.3. The summed E-state index contributed by atoms with van der Waals surface area (Å²) in [5, 5.41) is 14.3. The second-order valence-electron chi connectivity index (χ2n) is 6.06. The molecule has 23 heavy (non-hydrogen) atoms. The van der Waals surface area contributed by atoms with Crippen molar-refractivity contribution >= 4 is 5.97 Å². The molecule has 1 heterocycles. The summed E-state index contributed by atoms with van der Waals surface area (Å²) in [5.41, 5.74) is 2.83. The van der Waals surface area contributed by atoms with E-state index in [1.165, 1.54) is 12.7 Å². The van der Waals surface area contributed by atoms with Crippen LogP contribution in [0.1, 0.15) is 40.0 Å². The van der Waals surface area contributed by atoms with Crippen LogP contribution in [0.25, 0.3) is 0 Å². The van der Waals surface area contributed by atoms with Crippen LogP contribution >= 0.6 is 0 Å². The lowest BCUT2D eigenvalue weighted by Gasteiger charge is -2.34. The molecule has 1 atom stereocenters. The van der Waals surface area contributed by atoms with Crippen LogP contribution < -0.4 is 5.32 Å². The maximum atomic E-state index is 11.4. The highest BCUT2D eigenvalue weighted by Crippen LogP contribution is 2.34. The zero-order chi connectivity index (χ0) is 16.3.